The molecule has 0 aliphatic heterocycles. The molecule has 2 nitrogen and oxygen atoms in total. The molecular weight excluding hydrogens is 200 g/mol. The summed E-state index contributed by atoms with van der Waals surface area (Å²) in [7, 11) is 0. The van der Waals surface area contributed by atoms with Crippen LogP contribution in [0.4, 0.5) is 8.78 Å². The summed E-state index contributed by atoms with van der Waals surface area (Å²) in [4.78, 5) is 0. The number of alkyl halides is 2. The lowest BCUT2D eigenvalue weighted by molar-refractivity contribution is -0.0498. The van der Waals surface area contributed by atoms with E-state index in [1.54, 1.807) is 12.1 Å². The van der Waals surface area contributed by atoms with Gasteiger partial charge in [-0.3, -0.25) is 0 Å². The molecule has 1 rings (SSSR count). The second-order valence-electron chi connectivity index (χ2n) is 2.36. The lowest BCUT2D eigenvalue weighted by Gasteiger charge is -2.03. The molecule has 4 heteroatoms. The van der Waals surface area contributed by atoms with E-state index in [2.05, 4.69) is 4.74 Å². The van der Waals surface area contributed by atoms with E-state index >= 15 is 0 Å². The van der Waals surface area contributed by atoms with Gasteiger partial charge < -0.3 is 4.74 Å². The molecule has 0 N–H and O–H groups in total. The predicted molar refractivity (Wildman–Crippen MR) is 53.7 cm³/mol. The summed E-state index contributed by atoms with van der Waals surface area (Å²) in [6, 6.07) is 7.95. The van der Waals surface area contributed by atoms with Crippen LogP contribution in [0.2, 0.25) is 0 Å². The van der Waals surface area contributed by atoms with E-state index in [9.17, 15) is 8.78 Å². The number of hydrogen-bond acceptors (Lipinski definition) is 2. The number of nitrogens with zero attached hydrogens (tertiary/aromatic N) is 1. The summed E-state index contributed by atoms with van der Waals surface area (Å²) in [6.07, 6.45) is 0.273. The molecule has 1 aromatic carbocycles. The van der Waals surface area contributed by atoms with Crippen molar-refractivity contribution in [3.8, 4) is 11.8 Å². The minimum absolute atomic E-state index is 0.108. The molecule has 0 aromatic heterocycles. The van der Waals surface area contributed by atoms with Crippen LogP contribution in [-0.2, 0) is 6.42 Å². The highest BCUT2D eigenvalue weighted by atomic mass is 19.3. The summed E-state index contributed by atoms with van der Waals surface area (Å²) in [5, 5.41) is 8.33. The molecule has 0 spiro atoms. The minimum atomic E-state index is -2.80. The fourth-order valence-electron chi connectivity index (χ4n) is 0.880. The maximum Gasteiger partial charge on any atom is 0.387 e. The summed E-state index contributed by atoms with van der Waals surface area (Å²) >= 11 is 0. The summed E-state index contributed by atoms with van der Waals surface area (Å²) in [6.45, 7) is 1.20. The Morgan fingerprint density at radius 2 is 1.80 bits per heavy atom. The van der Waals surface area contributed by atoms with E-state index in [0.29, 0.717) is 0 Å². The average molecular weight is 213 g/mol. The number of halogens is 2. The minimum Gasteiger partial charge on any atom is -0.435 e. The van der Waals surface area contributed by atoms with E-state index in [4.69, 9.17) is 5.26 Å². The molecule has 82 valence electrons. The topological polar surface area (TPSA) is 33.0 Å². The maximum atomic E-state index is 11.7. The molecule has 0 heterocycles. The van der Waals surface area contributed by atoms with Crippen molar-refractivity contribution in [2.75, 3.05) is 0 Å². The molecule has 0 atom stereocenters. The number of hydrogen-bond donors (Lipinski definition) is 0. The predicted octanol–water partition coefficient (Wildman–Crippen LogP) is 3.38. The Hall–Kier alpha value is -1.63. The van der Waals surface area contributed by atoms with Crippen molar-refractivity contribution < 1.29 is 13.5 Å². The summed E-state index contributed by atoms with van der Waals surface area (Å²) < 4.78 is 27.5. The van der Waals surface area contributed by atoms with Gasteiger partial charge in [0.05, 0.1) is 12.5 Å². The van der Waals surface area contributed by atoms with Crippen LogP contribution >= 0.6 is 0 Å². The Kier molecular flexibility index (Phi) is 6.90. The quantitative estimate of drug-likeness (QED) is 0.771. The van der Waals surface area contributed by atoms with Gasteiger partial charge in [0, 0.05) is 0 Å². The molecule has 0 aliphatic carbocycles. The number of nitriles is 1. The van der Waals surface area contributed by atoms with Gasteiger partial charge in [0.25, 0.3) is 0 Å². The van der Waals surface area contributed by atoms with Crippen LogP contribution in [0.1, 0.15) is 19.4 Å². The first-order valence-electron chi connectivity index (χ1n) is 4.63. The molecule has 0 aliphatic rings. The van der Waals surface area contributed by atoms with Crippen molar-refractivity contribution in [2.45, 2.75) is 26.9 Å². The average Bonchev–Trinajstić information content (AvgIpc) is 2.24. The van der Waals surface area contributed by atoms with Gasteiger partial charge in [0.1, 0.15) is 5.75 Å². The van der Waals surface area contributed by atoms with Crippen LogP contribution in [0.5, 0.6) is 5.75 Å². The van der Waals surface area contributed by atoms with Gasteiger partial charge >= 0.3 is 6.61 Å². The van der Waals surface area contributed by atoms with Crippen LogP contribution in [0, 0.1) is 11.3 Å². The zero-order chi connectivity index (χ0) is 11.7. The van der Waals surface area contributed by atoms with Gasteiger partial charge in [-0.1, -0.05) is 26.0 Å². The Bertz CT molecular complexity index is 303. The zero-order valence-electron chi connectivity index (χ0n) is 8.71. The van der Waals surface area contributed by atoms with Crippen molar-refractivity contribution >= 4 is 0 Å². The van der Waals surface area contributed by atoms with Crippen LogP contribution < -0.4 is 4.74 Å². The third-order valence-electron chi connectivity index (χ3n) is 1.43. The maximum absolute atomic E-state index is 11.7. The van der Waals surface area contributed by atoms with E-state index in [0.717, 1.165) is 5.56 Å². The summed E-state index contributed by atoms with van der Waals surface area (Å²) in [5.41, 5.74) is 0.782. The third kappa shape index (κ3) is 5.63. The number of benzene rings is 1. The van der Waals surface area contributed by atoms with Crippen molar-refractivity contribution in [2.24, 2.45) is 0 Å². The smallest absolute Gasteiger partial charge is 0.387 e. The van der Waals surface area contributed by atoms with Crippen molar-refractivity contribution in [3.63, 3.8) is 0 Å². The van der Waals surface area contributed by atoms with Crippen LogP contribution in [0.25, 0.3) is 0 Å². The van der Waals surface area contributed by atoms with Crippen LogP contribution in [0.15, 0.2) is 24.3 Å². The Balaban J connectivity index is 0.000000921. The summed E-state index contributed by atoms with van der Waals surface area (Å²) in [5.74, 6) is 0.108. The van der Waals surface area contributed by atoms with E-state index in [1.807, 2.05) is 19.9 Å². The first-order chi connectivity index (χ1) is 7.22. The number of ether oxygens (including phenoxy) is 1. The largest absolute Gasteiger partial charge is 0.435 e. The van der Waals surface area contributed by atoms with Gasteiger partial charge in [-0.2, -0.15) is 14.0 Å². The molecule has 0 saturated heterocycles. The van der Waals surface area contributed by atoms with Crippen molar-refractivity contribution in [1.29, 1.82) is 5.26 Å². The molecular formula is C11H13F2NO. The van der Waals surface area contributed by atoms with Gasteiger partial charge in [-0.15, -0.1) is 0 Å². The number of rotatable bonds is 3. The zero-order valence-corrected chi connectivity index (χ0v) is 8.71. The van der Waals surface area contributed by atoms with E-state index in [1.165, 1.54) is 12.1 Å². The molecule has 0 fully saturated rings. The highest BCUT2D eigenvalue weighted by molar-refractivity contribution is 5.28. The first-order valence-corrected chi connectivity index (χ1v) is 4.63. The fourth-order valence-corrected chi connectivity index (χ4v) is 0.880. The highest BCUT2D eigenvalue weighted by Crippen LogP contribution is 2.14. The van der Waals surface area contributed by atoms with Gasteiger partial charge in [-0.25, -0.2) is 0 Å². The lowest BCUT2D eigenvalue weighted by atomic mass is 10.2. The second kappa shape index (κ2) is 7.74. The standard InChI is InChI=1S/C9H7F2NO.C2H6/c10-9(11)13-8-3-1-7(2-4-8)5-6-12;1-2/h1-4,9H,5H2;1-2H3. The molecule has 0 radical (unpaired) electrons. The van der Waals surface area contributed by atoms with E-state index < -0.39 is 6.61 Å². The molecule has 0 unspecified atom stereocenters. The molecule has 0 saturated carbocycles. The molecule has 15 heavy (non-hydrogen) atoms. The fraction of sp³-hybridized carbons (Fsp3) is 0.364. The lowest BCUT2D eigenvalue weighted by Crippen LogP contribution is -2.01. The van der Waals surface area contributed by atoms with Gasteiger partial charge in [-0.05, 0) is 17.7 Å². The first kappa shape index (κ1) is 13.4. The molecule has 0 amide bonds. The van der Waals surface area contributed by atoms with Crippen molar-refractivity contribution in [3.05, 3.63) is 29.8 Å². The Labute approximate surface area is 88.1 Å². The van der Waals surface area contributed by atoms with Crippen molar-refractivity contribution in [1.82, 2.24) is 0 Å². The highest BCUT2D eigenvalue weighted by Gasteiger charge is 2.02. The van der Waals surface area contributed by atoms with Crippen LogP contribution in [-0.4, -0.2) is 6.61 Å². The Morgan fingerprint density at radius 1 is 1.27 bits per heavy atom. The molecule has 1 aromatic rings. The van der Waals surface area contributed by atoms with E-state index in [-0.39, 0.29) is 12.2 Å². The van der Waals surface area contributed by atoms with Gasteiger partial charge in [0.2, 0.25) is 0 Å². The molecule has 0 bridgehead atoms. The third-order valence-corrected chi connectivity index (χ3v) is 1.43. The monoisotopic (exact) mass is 213 g/mol. The Morgan fingerprint density at radius 3 is 2.20 bits per heavy atom. The second-order valence-corrected chi connectivity index (χ2v) is 2.36. The SMILES string of the molecule is CC.N#CCc1ccc(OC(F)F)cc1. The van der Waals surface area contributed by atoms with Crippen LogP contribution in [0.3, 0.4) is 0 Å². The van der Waals surface area contributed by atoms with Gasteiger partial charge in [0.15, 0.2) is 0 Å². The normalized spacial score (nSPS) is 8.80.